The second kappa shape index (κ2) is 19.5. The minimum absolute atomic E-state index is 0.217. The molecule has 0 spiro atoms. The monoisotopic (exact) mass is 992 g/mol. The van der Waals surface area contributed by atoms with Crippen LogP contribution in [0.1, 0.15) is 96.9 Å². The molecule has 15 atom stereocenters. The van der Waals surface area contributed by atoms with Gasteiger partial charge in [0.1, 0.15) is 54.9 Å². The van der Waals surface area contributed by atoms with Gasteiger partial charge in [-0.15, -0.1) is 11.8 Å². The molecule has 7 aliphatic rings. The molecule has 0 aromatic heterocycles. The van der Waals surface area contributed by atoms with Gasteiger partial charge in [-0.25, -0.2) is 0 Å². The third-order valence-electron chi connectivity index (χ3n) is 9.96. The summed E-state index contributed by atoms with van der Waals surface area (Å²) >= 11 is 6.72. The molecule has 0 saturated carbocycles. The summed E-state index contributed by atoms with van der Waals surface area (Å²) in [4.78, 5) is 33.9. The van der Waals surface area contributed by atoms with Crippen LogP contribution in [0.4, 0.5) is 0 Å². The molecule has 0 aliphatic carbocycles. The number of fused-ring (bicyclic) bond motifs is 6. The highest BCUT2D eigenvalue weighted by molar-refractivity contribution is 9.28. The van der Waals surface area contributed by atoms with Crippen LogP contribution in [0.3, 0.4) is 0 Å². The molecule has 342 valence electrons. The van der Waals surface area contributed by atoms with E-state index in [4.69, 9.17) is 66.3 Å². The van der Waals surface area contributed by atoms with Crippen molar-refractivity contribution < 1.29 is 80.7 Å². The molecule has 0 aromatic rings. The molecule has 7 aliphatic heterocycles. The SMILES string of the molecule is CC#C[C@@H]1OC(OC(C)=O)[C@@H](OC(C)=O)[C@H](OC(C)=O)[C@@H]1C.CC#C[C@@H]1OC2OC(C)(C)O[C@H]2C2OC(C)(C)O[C@@H]21.CC1(C)OC2O[C@@H](C=C(Br)Br)[C@H]3OC(C)(C)OC3[C@@H]2O1. The topological polar surface area (TPSA) is 180 Å². The lowest BCUT2D eigenvalue weighted by Gasteiger charge is -2.41. The average Bonchev–Trinajstić information content (AvgIpc) is 3.82. The Morgan fingerprint density at radius 2 is 0.934 bits per heavy atom. The van der Waals surface area contributed by atoms with E-state index in [9.17, 15) is 14.4 Å². The average molecular weight is 995 g/mol. The van der Waals surface area contributed by atoms with Crippen LogP contribution in [0, 0.1) is 29.6 Å². The summed E-state index contributed by atoms with van der Waals surface area (Å²) in [7, 11) is 0. The molecule has 7 rings (SSSR count). The molecule has 0 aromatic carbocycles. The third kappa shape index (κ3) is 12.5. The van der Waals surface area contributed by atoms with Crippen molar-refractivity contribution in [3.05, 3.63) is 9.47 Å². The highest BCUT2D eigenvalue weighted by Crippen LogP contribution is 2.46. The summed E-state index contributed by atoms with van der Waals surface area (Å²) in [6, 6.07) is 0. The minimum atomic E-state index is -1.19. The summed E-state index contributed by atoms with van der Waals surface area (Å²) in [6.45, 7) is 23.9. The van der Waals surface area contributed by atoms with Crippen LogP contribution in [0.25, 0.3) is 0 Å². The van der Waals surface area contributed by atoms with Gasteiger partial charge in [0.15, 0.2) is 41.8 Å². The van der Waals surface area contributed by atoms with E-state index in [-0.39, 0.29) is 54.7 Å². The summed E-state index contributed by atoms with van der Waals surface area (Å²) in [6.07, 6.45) is -4.80. The Morgan fingerprint density at radius 1 is 0.525 bits per heavy atom. The minimum Gasteiger partial charge on any atom is -0.458 e. The van der Waals surface area contributed by atoms with Gasteiger partial charge in [-0.3, -0.25) is 14.4 Å². The number of carbonyl (C=O) groups is 3. The van der Waals surface area contributed by atoms with Gasteiger partial charge in [-0.2, -0.15) is 0 Å². The lowest BCUT2D eigenvalue weighted by atomic mass is 9.90. The Labute approximate surface area is 374 Å². The van der Waals surface area contributed by atoms with Gasteiger partial charge in [0.25, 0.3) is 0 Å². The van der Waals surface area contributed by atoms with Crippen LogP contribution >= 0.6 is 31.9 Å². The highest BCUT2D eigenvalue weighted by atomic mass is 79.9. The molecule has 7 fully saturated rings. The summed E-state index contributed by atoms with van der Waals surface area (Å²) in [5.74, 6) is 6.63. The number of hydrogen-bond donors (Lipinski definition) is 0. The van der Waals surface area contributed by atoms with Crippen molar-refractivity contribution >= 4 is 49.8 Å². The van der Waals surface area contributed by atoms with Gasteiger partial charge in [-0.1, -0.05) is 18.8 Å². The number of esters is 3. The second-order valence-electron chi connectivity index (χ2n) is 17.0. The first-order valence-electron chi connectivity index (χ1n) is 20.0. The number of hydrogen-bond acceptors (Lipinski definition) is 17. The van der Waals surface area contributed by atoms with Gasteiger partial charge in [0.05, 0.1) is 3.39 Å². The molecule has 7 saturated heterocycles. The van der Waals surface area contributed by atoms with Crippen molar-refractivity contribution in [3.8, 4) is 23.7 Å². The van der Waals surface area contributed by atoms with Crippen molar-refractivity contribution in [2.75, 3.05) is 0 Å². The zero-order valence-corrected chi connectivity index (χ0v) is 40.1. The Bertz CT molecular complexity index is 1770. The van der Waals surface area contributed by atoms with Crippen molar-refractivity contribution in [3.63, 3.8) is 0 Å². The molecule has 0 bridgehead atoms. The maximum absolute atomic E-state index is 11.3. The third-order valence-corrected chi connectivity index (χ3v) is 10.5. The van der Waals surface area contributed by atoms with Gasteiger partial charge in [-0.05, 0) is 107 Å². The number of halogens is 2. The molecule has 0 amide bonds. The summed E-state index contributed by atoms with van der Waals surface area (Å²) < 4.78 is 80.9. The van der Waals surface area contributed by atoms with E-state index in [0.717, 1.165) is 3.39 Å². The van der Waals surface area contributed by atoms with Gasteiger partial charge < -0.3 is 66.3 Å². The predicted octanol–water partition coefficient (Wildman–Crippen LogP) is 5.22. The fourth-order valence-corrected chi connectivity index (χ4v) is 8.51. The van der Waals surface area contributed by atoms with Crippen LogP contribution in [-0.4, -0.2) is 127 Å². The van der Waals surface area contributed by atoms with Gasteiger partial charge in [0.2, 0.25) is 12.4 Å². The molecule has 0 N–H and O–H groups in total. The largest absolute Gasteiger partial charge is 0.458 e. The highest BCUT2D eigenvalue weighted by Gasteiger charge is 2.62. The molecule has 5 unspecified atom stereocenters. The van der Waals surface area contributed by atoms with Crippen LogP contribution in [0.2, 0.25) is 0 Å². The van der Waals surface area contributed by atoms with E-state index < -0.39 is 78.2 Å². The van der Waals surface area contributed by atoms with E-state index in [0.29, 0.717) is 0 Å². The first-order chi connectivity index (χ1) is 28.2. The fraction of sp³-hybridized carbons (Fsp3) is 0.786. The van der Waals surface area contributed by atoms with Crippen molar-refractivity contribution in [1.29, 1.82) is 0 Å². The Kier molecular flexibility index (Phi) is 15.9. The summed E-state index contributed by atoms with van der Waals surface area (Å²) in [5, 5.41) is 0. The van der Waals surface area contributed by atoms with E-state index in [1.54, 1.807) is 20.8 Å². The zero-order chi connectivity index (χ0) is 45.4. The number of ether oxygens (including phenoxy) is 14. The van der Waals surface area contributed by atoms with Crippen LogP contribution in [-0.2, 0) is 80.7 Å². The fourth-order valence-electron chi connectivity index (χ4n) is 7.99. The lowest BCUT2D eigenvalue weighted by Crippen LogP contribution is -2.57. The first-order valence-corrected chi connectivity index (χ1v) is 21.6. The zero-order valence-electron chi connectivity index (χ0n) is 36.9. The normalized spacial score (nSPS) is 40.0. The maximum Gasteiger partial charge on any atom is 0.305 e. The van der Waals surface area contributed by atoms with Crippen molar-refractivity contribution in [1.82, 2.24) is 0 Å². The van der Waals surface area contributed by atoms with Crippen molar-refractivity contribution in [2.24, 2.45) is 5.92 Å². The molecular weight excluding hydrogens is 936 g/mol. The molecule has 17 nitrogen and oxygen atoms in total. The Balaban J connectivity index is 0.000000173. The van der Waals surface area contributed by atoms with Crippen LogP contribution in [0.15, 0.2) is 9.47 Å². The van der Waals surface area contributed by atoms with E-state index in [2.05, 4.69) is 55.5 Å². The summed E-state index contributed by atoms with van der Waals surface area (Å²) in [5.41, 5.74) is 0. The van der Waals surface area contributed by atoms with E-state index in [1.165, 1.54) is 20.8 Å². The maximum atomic E-state index is 11.3. The Morgan fingerprint density at radius 3 is 1.43 bits per heavy atom. The van der Waals surface area contributed by atoms with Gasteiger partial charge >= 0.3 is 17.9 Å². The van der Waals surface area contributed by atoms with E-state index in [1.807, 2.05) is 61.5 Å². The number of rotatable bonds is 4. The van der Waals surface area contributed by atoms with E-state index >= 15 is 0 Å². The second-order valence-corrected chi connectivity index (χ2v) is 19.8. The van der Waals surface area contributed by atoms with Crippen molar-refractivity contribution in [2.45, 2.75) is 206 Å². The molecule has 7 heterocycles. The molecule has 19 heteroatoms. The van der Waals surface area contributed by atoms with Crippen LogP contribution in [0.5, 0.6) is 0 Å². The predicted molar refractivity (Wildman–Crippen MR) is 219 cm³/mol. The quantitative estimate of drug-likeness (QED) is 0.203. The molecular formula is C42H58Br2O17. The van der Waals surface area contributed by atoms with Crippen LogP contribution < -0.4 is 0 Å². The lowest BCUT2D eigenvalue weighted by molar-refractivity contribution is -0.272. The standard InChI is InChI=1S/C15H20O7.C14H20O5.C13H18Br2O5/c1-6-7-12-8(2)13(19-9(3)16)14(20-10(4)17)15(22-12)21-11(5)18;1-6-7-8-9-10(17-13(2,3)16-9)11-12(15-8)19-14(4,5)18-11;1-12(2)17-8-6(5-7(14)15)16-11-10(9(8)18-12)19-13(3,4)20-11/h8,12-15H,1-5H3;8-12H,1-5H3;5-6,8-11H,1-4H3/t8-,12+,13-,14+,15?;8-,9+,10?,11-,12?;6-,8+,9?,10-,11?/m100/s1. The number of carbonyl (C=O) groups excluding carboxylic acids is 3. The molecule has 0 radical (unpaired) electrons. The first kappa shape index (κ1) is 49.8. The Hall–Kier alpha value is -2.21. The van der Waals surface area contributed by atoms with Gasteiger partial charge in [0, 0.05) is 26.7 Å². The smallest absolute Gasteiger partial charge is 0.305 e. The molecule has 61 heavy (non-hydrogen) atoms.